The Morgan fingerprint density at radius 1 is 1.12 bits per heavy atom. The highest BCUT2D eigenvalue weighted by atomic mass is 16.1. The second kappa shape index (κ2) is 7.48. The number of carbonyl (C=O) groups is 1. The minimum absolute atomic E-state index is 0.390. The summed E-state index contributed by atoms with van der Waals surface area (Å²) < 4.78 is 0. The minimum atomic E-state index is -0.390. The van der Waals surface area contributed by atoms with Gasteiger partial charge in [-0.15, -0.1) is 0 Å². The van der Waals surface area contributed by atoms with Gasteiger partial charge in [-0.1, -0.05) is 0 Å². The molecule has 2 aromatic rings. The predicted octanol–water partition coefficient (Wildman–Crippen LogP) is 0.964. The number of amides is 1. The number of nitrogens with zero attached hydrogens (tertiary/aromatic N) is 5. The van der Waals surface area contributed by atoms with Gasteiger partial charge in [-0.3, -0.25) is 9.69 Å². The van der Waals surface area contributed by atoms with Crippen molar-refractivity contribution in [1.29, 1.82) is 0 Å². The van der Waals surface area contributed by atoms with E-state index < -0.39 is 5.91 Å². The molecule has 25 heavy (non-hydrogen) atoms. The number of hydrogen-bond donors (Lipinski definition) is 1. The van der Waals surface area contributed by atoms with Gasteiger partial charge >= 0.3 is 0 Å². The number of aromatic nitrogens is 2. The number of benzene rings is 1. The van der Waals surface area contributed by atoms with E-state index >= 15 is 0 Å². The quantitative estimate of drug-likeness (QED) is 0.874. The Kier molecular flexibility index (Phi) is 5.14. The van der Waals surface area contributed by atoms with Crippen LogP contribution in [-0.2, 0) is 6.54 Å². The van der Waals surface area contributed by atoms with Crippen LogP contribution in [0.25, 0.3) is 0 Å². The molecular formula is C18H24N6O. The predicted molar refractivity (Wildman–Crippen MR) is 98.8 cm³/mol. The first-order valence-electron chi connectivity index (χ1n) is 8.39. The van der Waals surface area contributed by atoms with E-state index in [0.717, 1.165) is 50.1 Å². The zero-order valence-corrected chi connectivity index (χ0v) is 14.7. The molecule has 1 fully saturated rings. The molecule has 7 nitrogen and oxygen atoms in total. The molecule has 2 N–H and O–H groups in total. The van der Waals surface area contributed by atoms with Gasteiger partial charge in [-0.05, 0) is 30.3 Å². The van der Waals surface area contributed by atoms with Gasteiger partial charge in [0.2, 0.25) is 11.9 Å². The number of hydrogen-bond acceptors (Lipinski definition) is 6. The lowest BCUT2D eigenvalue weighted by Gasteiger charge is -2.36. The molecule has 7 heteroatoms. The Morgan fingerprint density at radius 3 is 2.40 bits per heavy atom. The Morgan fingerprint density at radius 2 is 1.80 bits per heavy atom. The van der Waals surface area contributed by atoms with E-state index in [4.69, 9.17) is 5.73 Å². The van der Waals surface area contributed by atoms with Gasteiger partial charge in [0.1, 0.15) is 0 Å². The van der Waals surface area contributed by atoms with Gasteiger partial charge in [-0.2, -0.15) is 0 Å². The summed E-state index contributed by atoms with van der Waals surface area (Å²) >= 11 is 0. The maximum absolute atomic E-state index is 11.2. The molecule has 0 bridgehead atoms. The lowest BCUT2D eigenvalue weighted by atomic mass is 10.1. The summed E-state index contributed by atoms with van der Waals surface area (Å²) in [6, 6.07) is 9.47. The second-order valence-corrected chi connectivity index (χ2v) is 6.42. The van der Waals surface area contributed by atoms with Crippen LogP contribution in [0.15, 0.2) is 36.5 Å². The molecule has 1 saturated heterocycles. The second-order valence-electron chi connectivity index (χ2n) is 6.42. The molecule has 0 saturated carbocycles. The largest absolute Gasteiger partial charge is 0.369 e. The lowest BCUT2D eigenvalue weighted by Crippen LogP contribution is -2.46. The highest BCUT2D eigenvalue weighted by Crippen LogP contribution is 2.18. The normalized spacial score (nSPS) is 15.2. The smallest absolute Gasteiger partial charge is 0.248 e. The van der Waals surface area contributed by atoms with E-state index in [1.54, 1.807) is 12.1 Å². The van der Waals surface area contributed by atoms with Crippen LogP contribution in [0.3, 0.4) is 0 Å². The number of nitrogens with two attached hydrogens (primary N) is 1. The summed E-state index contributed by atoms with van der Waals surface area (Å²) in [7, 11) is 3.89. The Balaban J connectivity index is 1.56. The summed E-state index contributed by atoms with van der Waals surface area (Å²) in [6.45, 7) is 4.67. The first-order valence-corrected chi connectivity index (χ1v) is 8.39. The van der Waals surface area contributed by atoms with Crippen LogP contribution < -0.4 is 15.5 Å². The maximum Gasteiger partial charge on any atom is 0.248 e. The fourth-order valence-corrected chi connectivity index (χ4v) is 2.92. The average molecular weight is 340 g/mol. The number of anilines is 2. The molecular weight excluding hydrogens is 316 g/mol. The van der Waals surface area contributed by atoms with Crippen molar-refractivity contribution in [3.05, 3.63) is 47.8 Å². The van der Waals surface area contributed by atoms with Gasteiger partial charge in [0.25, 0.3) is 0 Å². The van der Waals surface area contributed by atoms with Crippen molar-refractivity contribution in [2.45, 2.75) is 6.54 Å². The van der Waals surface area contributed by atoms with Crippen molar-refractivity contribution >= 4 is 17.5 Å². The molecule has 1 aliphatic heterocycles. The van der Waals surface area contributed by atoms with Gasteiger partial charge in [0, 0.05) is 64.3 Å². The number of carbonyl (C=O) groups excluding carboxylic acids is 1. The first kappa shape index (κ1) is 17.2. The fraction of sp³-hybridized carbons (Fsp3) is 0.389. The van der Waals surface area contributed by atoms with Gasteiger partial charge in [0.15, 0.2) is 0 Å². The van der Waals surface area contributed by atoms with Crippen molar-refractivity contribution in [3.8, 4) is 0 Å². The summed E-state index contributed by atoms with van der Waals surface area (Å²) in [6.07, 6.45) is 1.81. The van der Waals surface area contributed by atoms with Crippen LogP contribution >= 0.6 is 0 Å². The molecule has 2 heterocycles. The molecule has 0 atom stereocenters. The average Bonchev–Trinajstić information content (AvgIpc) is 2.63. The zero-order chi connectivity index (χ0) is 17.8. The zero-order valence-electron chi connectivity index (χ0n) is 14.7. The molecule has 1 aliphatic rings. The van der Waals surface area contributed by atoms with Crippen LogP contribution in [-0.4, -0.2) is 61.0 Å². The van der Waals surface area contributed by atoms with E-state index in [0.29, 0.717) is 5.56 Å². The van der Waals surface area contributed by atoms with Crippen molar-refractivity contribution in [2.75, 3.05) is 50.1 Å². The molecule has 1 aromatic carbocycles. The van der Waals surface area contributed by atoms with E-state index in [-0.39, 0.29) is 0 Å². The molecule has 0 aliphatic carbocycles. The van der Waals surface area contributed by atoms with E-state index in [1.807, 2.05) is 43.4 Å². The topological polar surface area (TPSA) is 78.6 Å². The molecule has 0 radical (unpaired) electrons. The van der Waals surface area contributed by atoms with Crippen LogP contribution in [0.2, 0.25) is 0 Å². The Labute approximate surface area is 148 Å². The summed E-state index contributed by atoms with van der Waals surface area (Å²) in [5.41, 5.74) is 8.00. The molecule has 1 amide bonds. The maximum atomic E-state index is 11.2. The lowest BCUT2D eigenvalue weighted by molar-refractivity contribution is 0.100. The molecule has 1 aromatic heterocycles. The Bertz CT molecular complexity index is 723. The standard InChI is InChI=1S/C18H24N6O/c1-22(2)18-20-8-7-15(21-18)13-23-9-11-24(12-10-23)16-5-3-14(4-6-16)17(19)25/h3-8H,9-13H2,1-2H3,(H2,19,25). The highest BCUT2D eigenvalue weighted by molar-refractivity contribution is 5.93. The van der Waals surface area contributed by atoms with Crippen LogP contribution in [0.4, 0.5) is 11.6 Å². The highest BCUT2D eigenvalue weighted by Gasteiger charge is 2.18. The van der Waals surface area contributed by atoms with Crippen molar-refractivity contribution < 1.29 is 4.79 Å². The minimum Gasteiger partial charge on any atom is -0.369 e. The SMILES string of the molecule is CN(C)c1nccc(CN2CCN(c3ccc(C(N)=O)cc3)CC2)n1. The monoisotopic (exact) mass is 340 g/mol. The van der Waals surface area contributed by atoms with Gasteiger partial charge < -0.3 is 15.5 Å². The third kappa shape index (κ3) is 4.24. The third-order valence-electron chi connectivity index (χ3n) is 4.38. The fourth-order valence-electron chi connectivity index (χ4n) is 2.92. The number of piperazine rings is 1. The molecule has 0 unspecified atom stereocenters. The number of rotatable bonds is 5. The van der Waals surface area contributed by atoms with E-state index in [2.05, 4.69) is 19.8 Å². The Hall–Kier alpha value is -2.67. The molecule has 3 rings (SSSR count). The molecule has 132 valence electrons. The van der Waals surface area contributed by atoms with E-state index in [9.17, 15) is 4.79 Å². The summed E-state index contributed by atoms with van der Waals surface area (Å²) in [5, 5.41) is 0. The van der Waals surface area contributed by atoms with Gasteiger partial charge in [0.05, 0.1) is 5.69 Å². The van der Waals surface area contributed by atoms with Gasteiger partial charge in [-0.25, -0.2) is 9.97 Å². The van der Waals surface area contributed by atoms with Crippen LogP contribution in [0.1, 0.15) is 16.1 Å². The summed E-state index contributed by atoms with van der Waals surface area (Å²) in [4.78, 5) is 26.6. The number of primary amides is 1. The summed E-state index contributed by atoms with van der Waals surface area (Å²) in [5.74, 6) is 0.351. The van der Waals surface area contributed by atoms with Crippen molar-refractivity contribution in [2.24, 2.45) is 5.73 Å². The molecule has 0 spiro atoms. The first-order chi connectivity index (χ1) is 12.0. The van der Waals surface area contributed by atoms with E-state index in [1.165, 1.54) is 0 Å². The van der Waals surface area contributed by atoms with Crippen molar-refractivity contribution in [3.63, 3.8) is 0 Å². The van der Waals surface area contributed by atoms with Crippen LogP contribution in [0, 0.1) is 0 Å². The van der Waals surface area contributed by atoms with Crippen molar-refractivity contribution in [1.82, 2.24) is 14.9 Å². The third-order valence-corrected chi connectivity index (χ3v) is 4.38. The van der Waals surface area contributed by atoms with Crippen LogP contribution in [0.5, 0.6) is 0 Å².